The van der Waals surface area contributed by atoms with Crippen LogP contribution < -0.4 is 0 Å². The molecule has 1 amide bonds. The molecule has 2 saturated heterocycles. The Balaban J connectivity index is 1.28. The van der Waals surface area contributed by atoms with Crippen LogP contribution in [0.3, 0.4) is 0 Å². The van der Waals surface area contributed by atoms with Gasteiger partial charge in [0.2, 0.25) is 5.91 Å². The monoisotopic (exact) mass is 337 g/mol. The Bertz CT molecular complexity index is 566. The smallest absolute Gasteiger partial charge is 0.223 e. The molecule has 1 atom stereocenters. The van der Waals surface area contributed by atoms with Gasteiger partial charge in [0.25, 0.3) is 0 Å². The van der Waals surface area contributed by atoms with E-state index in [0.29, 0.717) is 19.0 Å². The zero-order valence-corrected chi connectivity index (χ0v) is 14.2. The van der Waals surface area contributed by atoms with E-state index in [0.717, 1.165) is 38.4 Å². The number of carbonyl (C=O) groups excluding carboxylic acids is 1. The lowest BCUT2D eigenvalue weighted by molar-refractivity contribution is -0.130. The summed E-state index contributed by atoms with van der Waals surface area (Å²) in [5.74, 6) is 0.824. The predicted octanol–water partition coefficient (Wildman–Crippen LogP) is 2.80. The lowest BCUT2D eigenvalue weighted by atomic mass is 10.0. The van der Waals surface area contributed by atoms with Crippen molar-refractivity contribution in [1.29, 1.82) is 0 Å². The first-order valence-electron chi connectivity index (χ1n) is 8.75. The van der Waals surface area contributed by atoms with Crippen LogP contribution >= 0.6 is 11.3 Å². The Hall–Kier alpha value is -1.01. The molecule has 4 rings (SSSR count). The fourth-order valence-electron chi connectivity index (χ4n) is 3.79. The van der Waals surface area contributed by atoms with E-state index >= 15 is 0 Å². The Morgan fingerprint density at radius 1 is 1.26 bits per heavy atom. The number of thiazole rings is 1. The summed E-state index contributed by atoms with van der Waals surface area (Å²) in [6.45, 7) is 3.28. The molecular weight excluding hydrogens is 313 g/mol. The van der Waals surface area contributed by atoms with E-state index in [2.05, 4.69) is 9.88 Å². The van der Waals surface area contributed by atoms with Crippen molar-refractivity contribution < 1.29 is 9.18 Å². The van der Waals surface area contributed by atoms with E-state index in [4.69, 9.17) is 0 Å². The van der Waals surface area contributed by atoms with Gasteiger partial charge in [-0.2, -0.15) is 0 Å². The third-order valence-corrected chi connectivity index (χ3v) is 6.48. The third-order valence-electron chi connectivity index (χ3n) is 5.33. The molecule has 0 radical (unpaired) electrons. The minimum atomic E-state index is -0.365. The standard InChI is InChI=1S/C17H24FN3OS/c18-8-12-7-16(22)21(10-12)14-3-5-20(6-4-14)11-15-9-19-17(23-15)13-1-2-13/h9,12-14H,1-8,10-11H2. The van der Waals surface area contributed by atoms with Crippen molar-refractivity contribution in [3.8, 4) is 0 Å². The van der Waals surface area contributed by atoms with Crippen molar-refractivity contribution in [2.45, 2.75) is 50.6 Å². The highest BCUT2D eigenvalue weighted by Crippen LogP contribution is 2.42. The van der Waals surface area contributed by atoms with Gasteiger partial charge in [0.05, 0.1) is 11.7 Å². The summed E-state index contributed by atoms with van der Waals surface area (Å²) in [6, 6.07) is 0.318. The van der Waals surface area contributed by atoms with Gasteiger partial charge in [-0.15, -0.1) is 11.3 Å². The van der Waals surface area contributed by atoms with E-state index in [-0.39, 0.29) is 18.5 Å². The summed E-state index contributed by atoms with van der Waals surface area (Å²) >= 11 is 1.87. The van der Waals surface area contributed by atoms with Crippen LogP contribution in [0.1, 0.15) is 47.9 Å². The van der Waals surface area contributed by atoms with E-state index in [1.165, 1.54) is 22.7 Å². The Labute approximate surface area is 140 Å². The maximum Gasteiger partial charge on any atom is 0.223 e. The number of alkyl halides is 1. The van der Waals surface area contributed by atoms with Gasteiger partial charge in [0, 0.05) is 61.6 Å². The molecule has 4 nitrogen and oxygen atoms in total. The number of hydrogen-bond donors (Lipinski definition) is 0. The van der Waals surface area contributed by atoms with Crippen LogP contribution in [0.25, 0.3) is 0 Å². The van der Waals surface area contributed by atoms with Crippen LogP contribution in [0.2, 0.25) is 0 Å². The molecule has 0 spiro atoms. The van der Waals surface area contributed by atoms with E-state index in [1.807, 2.05) is 22.4 Å². The van der Waals surface area contributed by atoms with Gasteiger partial charge in [-0.3, -0.25) is 14.1 Å². The molecule has 1 aliphatic carbocycles. The third kappa shape index (κ3) is 3.43. The van der Waals surface area contributed by atoms with Crippen LogP contribution in [0.5, 0.6) is 0 Å². The Morgan fingerprint density at radius 2 is 2.04 bits per heavy atom. The lowest BCUT2D eigenvalue weighted by Crippen LogP contribution is -2.45. The molecule has 1 aromatic rings. The molecule has 1 saturated carbocycles. The molecule has 3 heterocycles. The van der Waals surface area contributed by atoms with Crippen molar-refractivity contribution in [2.75, 3.05) is 26.3 Å². The molecule has 3 fully saturated rings. The van der Waals surface area contributed by atoms with Gasteiger partial charge in [0.15, 0.2) is 0 Å². The SMILES string of the molecule is O=C1CC(CF)CN1C1CCN(Cc2cnc(C3CC3)s2)CC1. The molecule has 3 aliphatic rings. The summed E-state index contributed by atoms with van der Waals surface area (Å²) in [6.07, 6.45) is 7.09. The average molecular weight is 337 g/mol. The van der Waals surface area contributed by atoms with Crippen molar-refractivity contribution in [3.05, 3.63) is 16.1 Å². The fraction of sp³-hybridized carbons (Fsp3) is 0.765. The van der Waals surface area contributed by atoms with Crippen LogP contribution in [0.4, 0.5) is 4.39 Å². The van der Waals surface area contributed by atoms with Crippen LogP contribution in [0.15, 0.2) is 6.20 Å². The molecular formula is C17H24FN3OS. The zero-order valence-electron chi connectivity index (χ0n) is 13.4. The van der Waals surface area contributed by atoms with Gasteiger partial charge in [-0.25, -0.2) is 4.98 Å². The second-order valence-corrected chi connectivity index (χ2v) is 8.36. The first-order chi connectivity index (χ1) is 11.2. The molecule has 0 bridgehead atoms. The summed E-state index contributed by atoms with van der Waals surface area (Å²) < 4.78 is 12.8. The predicted molar refractivity (Wildman–Crippen MR) is 88.2 cm³/mol. The van der Waals surface area contributed by atoms with Gasteiger partial charge < -0.3 is 4.90 Å². The van der Waals surface area contributed by atoms with Gasteiger partial charge in [-0.05, 0) is 25.7 Å². The van der Waals surface area contributed by atoms with Gasteiger partial charge in [0.1, 0.15) is 0 Å². The number of aromatic nitrogens is 1. The molecule has 1 aromatic heterocycles. The van der Waals surface area contributed by atoms with Crippen molar-refractivity contribution >= 4 is 17.2 Å². The van der Waals surface area contributed by atoms with Crippen LogP contribution in [-0.2, 0) is 11.3 Å². The Morgan fingerprint density at radius 3 is 2.70 bits per heavy atom. The highest BCUT2D eigenvalue weighted by atomic mass is 32.1. The summed E-state index contributed by atoms with van der Waals surface area (Å²) in [4.78, 5) is 22.4. The molecule has 6 heteroatoms. The van der Waals surface area contributed by atoms with Gasteiger partial charge >= 0.3 is 0 Å². The second kappa shape index (κ2) is 6.48. The highest BCUT2D eigenvalue weighted by Gasteiger charge is 2.35. The molecule has 2 aliphatic heterocycles. The lowest BCUT2D eigenvalue weighted by Gasteiger charge is -2.36. The first-order valence-corrected chi connectivity index (χ1v) is 9.57. The maximum absolute atomic E-state index is 12.8. The Kier molecular flexibility index (Phi) is 4.37. The quantitative estimate of drug-likeness (QED) is 0.829. The summed E-state index contributed by atoms with van der Waals surface area (Å²) in [5, 5.41) is 1.31. The number of carbonyl (C=O) groups is 1. The van der Waals surface area contributed by atoms with Crippen LogP contribution in [0, 0.1) is 5.92 Å². The topological polar surface area (TPSA) is 36.4 Å². The zero-order chi connectivity index (χ0) is 15.8. The summed E-state index contributed by atoms with van der Waals surface area (Å²) in [7, 11) is 0. The van der Waals surface area contributed by atoms with Gasteiger partial charge in [-0.1, -0.05) is 0 Å². The van der Waals surface area contributed by atoms with Crippen molar-refractivity contribution in [2.24, 2.45) is 5.92 Å². The maximum atomic E-state index is 12.8. The second-order valence-electron chi connectivity index (χ2n) is 7.22. The number of hydrogen-bond acceptors (Lipinski definition) is 4. The van der Waals surface area contributed by atoms with E-state index < -0.39 is 0 Å². The minimum Gasteiger partial charge on any atom is -0.339 e. The number of rotatable bonds is 5. The largest absolute Gasteiger partial charge is 0.339 e. The molecule has 0 N–H and O–H groups in total. The van der Waals surface area contributed by atoms with Crippen molar-refractivity contribution in [3.63, 3.8) is 0 Å². The number of piperidine rings is 1. The van der Waals surface area contributed by atoms with Crippen molar-refractivity contribution in [1.82, 2.24) is 14.8 Å². The summed E-state index contributed by atoms with van der Waals surface area (Å²) in [5.41, 5.74) is 0. The van der Waals surface area contributed by atoms with E-state index in [1.54, 1.807) is 0 Å². The number of halogens is 1. The van der Waals surface area contributed by atoms with Crippen LogP contribution in [-0.4, -0.2) is 53.0 Å². The molecule has 23 heavy (non-hydrogen) atoms. The number of likely N-dealkylation sites (tertiary alicyclic amines) is 2. The molecule has 1 unspecified atom stereocenters. The molecule has 0 aromatic carbocycles. The normalized spacial score (nSPS) is 27.1. The fourth-order valence-corrected chi connectivity index (χ4v) is 4.92. The van der Waals surface area contributed by atoms with E-state index in [9.17, 15) is 9.18 Å². The molecule has 126 valence electrons. The first kappa shape index (κ1) is 15.5. The minimum absolute atomic E-state index is 0.0708. The number of nitrogens with zero attached hydrogens (tertiary/aromatic N) is 3. The average Bonchev–Trinajstić information content (AvgIpc) is 3.20. The number of amides is 1. The highest BCUT2D eigenvalue weighted by molar-refractivity contribution is 7.11.